The van der Waals surface area contributed by atoms with E-state index in [1.165, 1.54) is 6.07 Å². The van der Waals surface area contributed by atoms with E-state index in [4.69, 9.17) is 0 Å². The summed E-state index contributed by atoms with van der Waals surface area (Å²) in [5.41, 5.74) is 1.62. The van der Waals surface area contributed by atoms with Crippen LogP contribution in [0.15, 0.2) is 54.6 Å². The molecule has 1 N–H and O–H groups in total. The van der Waals surface area contributed by atoms with Gasteiger partial charge in [-0.2, -0.15) is 0 Å². The van der Waals surface area contributed by atoms with E-state index in [2.05, 4.69) is 24.1 Å². The Hall–Kier alpha value is -2.73. The van der Waals surface area contributed by atoms with E-state index in [9.17, 15) is 14.0 Å². The first-order chi connectivity index (χ1) is 15.5. The Morgan fingerprint density at radius 1 is 1.03 bits per heavy atom. The van der Waals surface area contributed by atoms with E-state index in [0.717, 1.165) is 18.7 Å². The zero-order valence-electron chi connectivity index (χ0n) is 19.1. The van der Waals surface area contributed by atoms with Gasteiger partial charge in [-0.05, 0) is 49.5 Å². The molecule has 2 aromatic rings. The quantitative estimate of drug-likeness (QED) is 0.647. The molecule has 32 heavy (non-hydrogen) atoms. The van der Waals surface area contributed by atoms with E-state index in [-0.39, 0.29) is 29.6 Å². The fourth-order valence-corrected chi connectivity index (χ4v) is 4.43. The van der Waals surface area contributed by atoms with Gasteiger partial charge in [0.25, 0.3) is 0 Å². The fourth-order valence-electron chi connectivity index (χ4n) is 4.43. The number of halogens is 1. The Bertz CT molecular complexity index is 878. The molecule has 1 atom stereocenters. The second-order valence-corrected chi connectivity index (χ2v) is 8.27. The number of likely N-dealkylation sites (tertiary alicyclic amines) is 1. The second kappa shape index (κ2) is 11.8. The van der Waals surface area contributed by atoms with Crippen molar-refractivity contribution in [3.63, 3.8) is 0 Å². The number of nitrogens with one attached hydrogen (secondary N) is 1. The number of hydrogen-bond acceptors (Lipinski definition) is 3. The minimum Gasteiger partial charge on any atom is -0.356 e. The molecule has 1 saturated heterocycles. The molecule has 1 unspecified atom stereocenters. The normalized spacial score (nSPS) is 15.6. The van der Waals surface area contributed by atoms with Crippen LogP contribution < -0.4 is 5.32 Å². The predicted octanol–water partition coefficient (Wildman–Crippen LogP) is 3.81. The molecule has 5 nitrogen and oxygen atoms in total. The van der Waals surface area contributed by atoms with E-state index in [0.29, 0.717) is 44.5 Å². The summed E-state index contributed by atoms with van der Waals surface area (Å²) < 4.78 is 13.7. The van der Waals surface area contributed by atoms with Gasteiger partial charge in [0.1, 0.15) is 11.9 Å². The highest BCUT2D eigenvalue weighted by Gasteiger charge is 2.33. The molecule has 0 aromatic heterocycles. The van der Waals surface area contributed by atoms with Crippen LogP contribution in [0, 0.1) is 11.7 Å². The van der Waals surface area contributed by atoms with Crippen molar-refractivity contribution in [3.05, 3.63) is 71.5 Å². The molecule has 0 saturated carbocycles. The van der Waals surface area contributed by atoms with Crippen LogP contribution in [0.25, 0.3) is 0 Å². The Kier molecular flexibility index (Phi) is 8.80. The first-order valence-corrected chi connectivity index (χ1v) is 11.6. The highest BCUT2D eigenvalue weighted by Crippen LogP contribution is 2.26. The van der Waals surface area contributed by atoms with Gasteiger partial charge in [0.05, 0.1) is 0 Å². The van der Waals surface area contributed by atoms with Crippen LogP contribution in [0.3, 0.4) is 0 Å². The molecule has 2 amide bonds. The number of hydrogen-bond donors (Lipinski definition) is 1. The summed E-state index contributed by atoms with van der Waals surface area (Å²) in [5, 5.41) is 2.94. The number of carbonyl (C=O) groups is 2. The number of nitrogens with zero attached hydrogens (tertiary/aromatic N) is 2. The van der Waals surface area contributed by atoms with Crippen molar-refractivity contribution >= 4 is 11.8 Å². The molecule has 3 rings (SSSR count). The summed E-state index contributed by atoms with van der Waals surface area (Å²) >= 11 is 0. The zero-order valence-corrected chi connectivity index (χ0v) is 19.1. The summed E-state index contributed by atoms with van der Waals surface area (Å²) in [6.45, 7) is 7.31. The molecule has 0 spiro atoms. The standard InChI is InChI=1S/C26H34FN3O2/c1-3-29(4-2)24(21-11-6-5-7-12-21)26(32)30-18-15-22(16-19-30)25(31)28-17-14-20-10-8-9-13-23(20)27/h5-13,22,24H,3-4,14-19H2,1-2H3,(H,28,31). The summed E-state index contributed by atoms with van der Waals surface area (Å²) in [5.74, 6) is -0.242. The molecule has 0 radical (unpaired) electrons. The Morgan fingerprint density at radius 2 is 1.66 bits per heavy atom. The maximum atomic E-state index is 13.7. The SMILES string of the molecule is CCN(CC)C(C(=O)N1CCC(C(=O)NCCc2ccccc2F)CC1)c1ccccc1. The molecule has 1 heterocycles. The lowest BCUT2D eigenvalue weighted by Gasteiger charge is -2.37. The third kappa shape index (κ3) is 5.94. The molecule has 0 bridgehead atoms. The second-order valence-electron chi connectivity index (χ2n) is 8.27. The van der Waals surface area contributed by atoms with Crippen molar-refractivity contribution in [3.8, 4) is 0 Å². The zero-order chi connectivity index (χ0) is 22.9. The van der Waals surface area contributed by atoms with Gasteiger partial charge in [-0.1, -0.05) is 62.4 Å². The number of carbonyl (C=O) groups excluding carboxylic acids is 2. The molecule has 1 aliphatic heterocycles. The average Bonchev–Trinajstić information content (AvgIpc) is 2.84. The van der Waals surface area contributed by atoms with Gasteiger partial charge in [-0.3, -0.25) is 14.5 Å². The minimum absolute atomic E-state index is 0.00297. The third-order valence-corrected chi connectivity index (χ3v) is 6.36. The van der Waals surface area contributed by atoms with Gasteiger partial charge in [0.15, 0.2) is 0 Å². The van der Waals surface area contributed by atoms with Crippen LogP contribution in [0.2, 0.25) is 0 Å². The molecule has 1 aliphatic rings. The lowest BCUT2D eigenvalue weighted by atomic mass is 9.94. The molecular weight excluding hydrogens is 405 g/mol. The minimum atomic E-state index is -0.294. The van der Waals surface area contributed by atoms with Crippen molar-refractivity contribution < 1.29 is 14.0 Å². The van der Waals surface area contributed by atoms with E-state index >= 15 is 0 Å². The van der Waals surface area contributed by atoms with Crippen LogP contribution in [0.5, 0.6) is 0 Å². The largest absolute Gasteiger partial charge is 0.356 e. The average molecular weight is 440 g/mol. The number of rotatable bonds is 9. The van der Waals surface area contributed by atoms with Crippen LogP contribution in [-0.4, -0.2) is 54.3 Å². The predicted molar refractivity (Wildman–Crippen MR) is 125 cm³/mol. The Balaban J connectivity index is 1.53. The molecule has 0 aliphatic carbocycles. The van der Waals surface area contributed by atoms with E-state index < -0.39 is 0 Å². The fraction of sp³-hybridized carbons (Fsp3) is 0.462. The van der Waals surface area contributed by atoms with E-state index in [1.807, 2.05) is 35.2 Å². The van der Waals surface area contributed by atoms with Crippen molar-refractivity contribution in [2.75, 3.05) is 32.7 Å². The van der Waals surface area contributed by atoms with Crippen LogP contribution >= 0.6 is 0 Å². The number of piperidine rings is 1. The van der Waals surface area contributed by atoms with Gasteiger partial charge in [-0.25, -0.2) is 4.39 Å². The van der Waals surface area contributed by atoms with Crippen molar-refractivity contribution in [2.24, 2.45) is 5.92 Å². The number of likely N-dealkylation sites (N-methyl/N-ethyl adjacent to an activating group) is 1. The monoisotopic (exact) mass is 439 g/mol. The Morgan fingerprint density at radius 3 is 2.28 bits per heavy atom. The maximum absolute atomic E-state index is 13.7. The first kappa shape index (κ1) is 23.9. The summed E-state index contributed by atoms with van der Waals surface area (Å²) in [6, 6.07) is 16.3. The number of benzene rings is 2. The van der Waals surface area contributed by atoms with Crippen molar-refractivity contribution in [2.45, 2.75) is 39.2 Å². The van der Waals surface area contributed by atoms with Gasteiger partial charge in [0, 0.05) is 25.6 Å². The molecule has 6 heteroatoms. The third-order valence-electron chi connectivity index (χ3n) is 6.36. The maximum Gasteiger partial charge on any atom is 0.244 e. The highest BCUT2D eigenvalue weighted by atomic mass is 19.1. The summed E-state index contributed by atoms with van der Waals surface area (Å²) in [4.78, 5) is 30.1. The molecule has 1 fully saturated rings. The lowest BCUT2D eigenvalue weighted by Crippen LogP contribution is -2.48. The summed E-state index contributed by atoms with van der Waals surface area (Å²) in [7, 11) is 0. The van der Waals surface area contributed by atoms with Gasteiger partial charge in [0.2, 0.25) is 11.8 Å². The van der Waals surface area contributed by atoms with Gasteiger partial charge in [-0.15, -0.1) is 0 Å². The number of amides is 2. The molecule has 172 valence electrons. The highest BCUT2D eigenvalue weighted by molar-refractivity contribution is 5.84. The van der Waals surface area contributed by atoms with Gasteiger partial charge >= 0.3 is 0 Å². The van der Waals surface area contributed by atoms with Gasteiger partial charge < -0.3 is 10.2 Å². The van der Waals surface area contributed by atoms with Crippen LogP contribution in [-0.2, 0) is 16.0 Å². The topological polar surface area (TPSA) is 52.7 Å². The van der Waals surface area contributed by atoms with Crippen LogP contribution in [0.4, 0.5) is 4.39 Å². The summed E-state index contributed by atoms with van der Waals surface area (Å²) in [6.07, 6.45) is 1.77. The van der Waals surface area contributed by atoms with Crippen molar-refractivity contribution in [1.29, 1.82) is 0 Å². The Labute approximate surface area is 190 Å². The molecular formula is C26H34FN3O2. The smallest absolute Gasteiger partial charge is 0.244 e. The van der Waals surface area contributed by atoms with Crippen LogP contribution in [0.1, 0.15) is 43.9 Å². The lowest BCUT2D eigenvalue weighted by molar-refractivity contribution is -0.140. The first-order valence-electron chi connectivity index (χ1n) is 11.6. The van der Waals surface area contributed by atoms with Crippen molar-refractivity contribution in [1.82, 2.24) is 15.1 Å². The molecule has 2 aromatic carbocycles. The van der Waals surface area contributed by atoms with E-state index in [1.54, 1.807) is 18.2 Å².